The van der Waals surface area contributed by atoms with Gasteiger partial charge in [-0.15, -0.1) is 0 Å². The molecule has 2 rings (SSSR count). The first kappa shape index (κ1) is 13.1. The third-order valence-corrected chi connectivity index (χ3v) is 3.84. The van der Waals surface area contributed by atoms with Gasteiger partial charge in [-0.2, -0.15) is 0 Å². The molecular formula is C16H23NO. The molecule has 1 heterocycles. The molecule has 98 valence electrons. The van der Waals surface area contributed by atoms with Gasteiger partial charge in [0, 0.05) is 18.7 Å². The van der Waals surface area contributed by atoms with E-state index in [9.17, 15) is 4.79 Å². The van der Waals surface area contributed by atoms with E-state index in [-0.39, 0.29) is 5.91 Å². The first-order chi connectivity index (χ1) is 8.49. The number of hydrogen-bond donors (Lipinski definition) is 0. The van der Waals surface area contributed by atoms with E-state index in [1.54, 1.807) is 0 Å². The highest BCUT2D eigenvalue weighted by Crippen LogP contribution is 2.22. The summed E-state index contributed by atoms with van der Waals surface area (Å²) in [5, 5.41) is 0. The van der Waals surface area contributed by atoms with Gasteiger partial charge in [-0.25, -0.2) is 0 Å². The Labute approximate surface area is 110 Å². The molecule has 2 heteroatoms. The third kappa shape index (κ3) is 2.58. The van der Waals surface area contributed by atoms with Gasteiger partial charge in [-0.3, -0.25) is 4.79 Å². The zero-order valence-corrected chi connectivity index (χ0v) is 11.9. The number of hydrogen-bond acceptors (Lipinski definition) is 1. The zero-order valence-electron chi connectivity index (χ0n) is 11.9. The highest BCUT2D eigenvalue weighted by molar-refractivity contribution is 5.97. The Hall–Kier alpha value is -1.31. The molecule has 0 radical (unpaired) electrons. The molecule has 0 aromatic heterocycles. The Kier molecular flexibility index (Phi) is 3.74. The molecule has 0 bridgehead atoms. The van der Waals surface area contributed by atoms with Gasteiger partial charge < -0.3 is 4.90 Å². The molecule has 1 saturated heterocycles. The number of rotatable bonds is 1. The van der Waals surface area contributed by atoms with Gasteiger partial charge in [0.05, 0.1) is 0 Å². The fourth-order valence-corrected chi connectivity index (χ4v) is 3.05. The van der Waals surface area contributed by atoms with Crippen LogP contribution in [0, 0.1) is 26.7 Å². The van der Waals surface area contributed by atoms with Gasteiger partial charge in [0.25, 0.3) is 5.91 Å². The average Bonchev–Trinajstić information content (AvgIpc) is 2.27. The first-order valence-electron chi connectivity index (χ1n) is 6.86. The Bertz CT molecular complexity index is 441. The minimum atomic E-state index is 0.219. The number of piperidine rings is 1. The average molecular weight is 245 g/mol. The SMILES string of the molecule is Cc1cc(C)c(C(=O)N2CCCC(C)C2)c(C)c1. The predicted octanol–water partition coefficient (Wildman–Crippen LogP) is 3.48. The number of likely N-dealkylation sites (tertiary alicyclic amines) is 1. The second kappa shape index (κ2) is 5.13. The van der Waals surface area contributed by atoms with Crippen molar-refractivity contribution in [1.82, 2.24) is 4.90 Å². The molecule has 0 aliphatic carbocycles. The van der Waals surface area contributed by atoms with Gasteiger partial charge in [0.15, 0.2) is 0 Å². The summed E-state index contributed by atoms with van der Waals surface area (Å²) in [5.74, 6) is 0.852. The molecule has 1 amide bonds. The molecule has 0 spiro atoms. The lowest BCUT2D eigenvalue weighted by Gasteiger charge is -2.31. The van der Waals surface area contributed by atoms with Gasteiger partial charge in [-0.05, 0) is 50.7 Å². The number of amides is 1. The molecule has 1 aliphatic heterocycles. The smallest absolute Gasteiger partial charge is 0.254 e. The van der Waals surface area contributed by atoms with Crippen LogP contribution in [0.2, 0.25) is 0 Å². The van der Waals surface area contributed by atoms with E-state index in [2.05, 4.69) is 26.0 Å². The summed E-state index contributed by atoms with van der Waals surface area (Å²) < 4.78 is 0. The normalized spacial score (nSPS) is 20.0. The van der Waals surface area contributed by atoms with Gasteiger partial charge >= 0.3 is 0 Å². The molecule has 1 aromatic carbocycles. The molecule has 1 atom stereocenters. The molecule has 0 N–H and O–H groups in total. The first-order valence-corrected chi connectivity index (χ1v) is 6.86. The highest BCUT2D eigenvalue weighted by Gasteiger charge is 2.24. The molecule has 1 aromatic rings. The van der Waals surface area contributed by atoms with E-state index in [4.69, 9.17) is 0 Å². The monoisotopic (exact) mass is 245 g/mol. The van der Waals surface area contributed by atoms with Crippen molar-refractivity contribution in [2.24, 2.45) is 5.92 Å². The summed E-state index contributed by atoms with van der Waals surface area (Å²) in [6.45, 7) is 10.2. The van der Waals surface area contributed by atoms with Crippen LogP contribution in [0.3, 0.4) is 0 Å². The molecule has 18 heavy (non-hydrogen) atoms. The molecule has 0 saturated carbocycles. The largest absolute Gasteiger partial charge is 0.338 e. The minimum absolute atomic E-state index is 0.219. The van der Waals surface area contributed by atoms with Crippen molar-refractivity contribution in [3.8, 4) is 0 Å². The lowest BCUT2D eigenvalue weighted by atomic mass is 9.96. The van der Waals surface area contributed by atoms with Crippen LogP contribution in [0.4, 0.5) is 0 Å². The van der Waals surface area contributed by atoms with Crippen LogP contribution in [0.1, 0.15) is 46.8 Å². The minimum Gasteiger partial charge on any atom is -0.338 e. The van der Waals surface area contributed by atoms with E-state index in [0.29, 0.717) is 5.92 Å². The number of nitrogens with zero attached hydrogens (tertiary/aromatic N) is 1. The zero-order chi connectivity index (χ0) is 13.3. The highest BCUT2D eigenvalue weighted by atomic mass is 16.2. The number of benzene rings is 1. The van der Waals surface area contributed by atoms with Crippen LogP contribution in [0.5, 0.6) is 0 Å². The van der Waals surface area contributed by atoms with Crippen LogP contribution in [0.25, 0.3) is 0 Å². The van der Waals surface area contributed by atoms with Gasteiger partial charge in [0.2, 0.25) is 0 Å². The molecule has 2 nitrogen and oxygen atoms in total. The second-order valence-electron chi connectivity index (χ2n) is 5.77. The van der Waals surface area contributed by atoms with E-state index < -0.39 is 0 Å². The maximum Gasteiger partial charge on any atom is 0.254 e. The Morgan fingerprint density at radius 1 is 1.22 bits per heavy atom. The predicted molar refractivity (Wildman–Crippen MR) is 75.0 cm³/mol. The molecule has 1 unspecified atom stereocenters. The summed E-state index contributed by atoms with van der Waals surface area (Å²) in [5.41, 5.74) is 4.36. The summed E-state index contributed by atoms with van der Waals surface area (Å²) in [6.07, 6.45) is 2.38. The van der Waals surface area contributed by atoms with E-state index in [1.807, 2.05) is 18.7 Å². The molecular weight excluding hydrogens is 222 g/mol. The van der Waals surface area contributed by atoms with Gasteiger partial charge in [0.1, 0.15) is 0 Å². The molecule has 1 aliphatic rings. The Morgan fingerprint density at radius 3 is 2.39 bits per heavy atom. The van der Waals surface area contributed by atoms with Crippen molar-refractivity contribution >= 4 is 5.91 Å². The van der Waals surface area contributed by atoms with Crippen molar-refractivity contribution in [3.63, 3.8) is 0 Å². The summed E-state index contributed by atoms with van der Waals surface area (Å²) >= 11 is 0. The summed E-state index contributed by atoms with van der Waals surface area (Å²) in [7, 11) is 0. The standard InChI is InChI=1S/C16H23NO/c1-11-6-5-7-17(10-11)16(18)15-13(3)8-12(2)9-14(15)4/h8-9,11H,5-7,10H2,1-4H3. The van der Waals surface area contributed by atoms with Crippen molar-refractivity contribution in [2.75, 3.05) is 13.1 Å². The van der Waals surface area contributed by atoms with E-state index in [0.717, 1.165) is 36.2 Å². The maximum absolute atomic E-state index is 12.6. The van der Waals surface area contributed by atoms with E-state index in [1.165, 1.54) is 12.0 Å². The summed E-state index contributed by atoms with van der Waals surface area (Å²) in [4.78, 5) is 14.7. The fraction of sp³-hybridized carbons (Fsp3) is 0.562. The van der Waals surface area contributed by atoms with Crippen LogP contribution in [0.15, 0.2) is 12.1 Å². The van der Waals surface area contributed by atoms with Crippen molar-refractivity contribution in [2.45, 2.75) is 40.5 Å². The Morgan fingerprint density at radius 2 is 1.83 bits per heavy atom. The number of aryl methyl sites for hydroxylation is 3. The van der Waals surface area contributed by atoms with Crippen LogP contribution in [-0.4, -0.2) is 23.9 Å². The van der Waals surface area contributed by atoms with Crippen molar-refractivity contribution in [3.05, 3.63) is 34.4 Å². The lowest BCUT2D eigenvalue weighted by Crippen LogP contribution is -2.39. The van der Waals surface area contributed by atoms with E-state index >= 15 is 0 Å². The number of carbonyl (C=O) groups excluding carboxylic acids is 1. The van der Waals surface area contributed by atoms with Gasteiger partial charge in [-0.1, -0.05) is 24.6 Å². The Balaban J connectivity index is 2.28. The third-order valence-electron chi connectivity index (χ3n) is 3.84. The van der Waals surface area contributed by atoms with Crippen molar-refractivity contribution < 1.29 is 4.79 Å². The quantitative estimate of drug-likeness (QED) is 0.741. The number of carbonyl (C=O) groups is 1. The topological polar surface area (TPSA) is 20.3 Å². The maximum atomic E-state index is 12.6. The van der Waals surface area contributed by atoms with Crippen LogP contribution < -0.4 is 0 Å². The summed E-state index contributed by atoms with van der Waals surface area (Å²) in [6, 6.07) is 4.21. The van der Waals surface area contributed by atoms with Crippen molar-refractivity contribution in [1.29, 1.82) is 0 Å². The lowest BCUT2D eigenvalue weighted by molar-refractivity contribution is 0.0681. The molecule has 1 fully saturated rings. The second-order valence-corrected chi connectivity index (χ2v) is 5.77. The fourth-order valence-electron chi connectivity index (χ4n) is 3.05. The van der Waals surface area contributed by atoms with Crippen LogP contribution in [-0.2, 0) is 0 Å². The van der Waals surface area contributed by atoms with Crippen LogP contribution >= 0.6 is 0 Å².